The van der Waals surface area contributed by atoms with Crippen molar-refractivity contribution in [2.24, 2.45) is 0 Å². The SMILES string of the molecule is CN1CC2=C(C1=O)C(C#N)=CCC#C2. The third kappa shape index (κ3) is 1.11. The van der Waals surface area contributed by atoms with Gasteiger partial charge < -0.3 is 4.90 Å². The molecule has 0 radical (unpaired) electrons. The Kier molecular flexibility index (Phi) is 1.87. The van der Waals surface area contributed by atoms with Gasteiger partial charge in [0, 0.05) is 19.0 Å². The minimum Gasteiger partial charge on any atom is -0.337 e. The van der Waals surface area contributed by atoms with Gasteiger partial charge in [-0.3, -0.25) is 4.79 Å². The molecule has 0 aromatic carbocycles. The van der Waals surface area contributed by atoms with Crippen LogP contribution in [0.2, 0.25) is 0 Å². The van der Waals surface area contributed by atoms with E-state index in [9.17, 15) is 4.79 Å². The van der Waals surface area contributed by atoms with Gasteiger partial charge in [0.1, 0.15) is 0 Å². The largest absolute Gasteiger partial charge is 0.337 e. The topological polar surface area (TPSA) is 44.1 Å². The molecule has 3 nitrogen and oxygen atoms in total. The first kappa shape index (κ1) is 8.59. The Balaban J connectivity index is 2.55. The van der Waals surface area contributed by atoms with E-state index in [2.05, 4.69) is 11.8 Å². The molecule has 0 aromatic heterocycles. The minimum absolute atomic E-state index is 0.0935. The maximum Gasteiger partial charge on any atom is 0.256 e. The quantitative estimate of drug-likeness (QED) is 0.518. The van der Waals surface area contributed by atoms with Gasteiger partial charge in [0.2, 0.25) is 0 Å². The number of nitriles is 1. The number of carbonyl (C=O) groups is 1. The Morgan fingerprint density at radius 2 is 2.43 bits per heavy atom. The molecule has 0 saturated carbocycles. The molecular formula is C11H8N2O. The van der Waals surface area contributed by atoms with Crippen LogP contribution in [-0.2, 0) is 4.79 Å². The van der Waals surface area contributed by atoms with E-state index in [1.807, 2.05) is 6.07 Å². The van der Waals surface area contributed by atoms with Crippen molar-refractivity contribution < 1.29 is 4.79 Å². The average Bonchev–Trinajstić information content (AvgIpc) is 2.40. The highest BCUT2D eigenvalue weighted by Crippen LogP contribution is 2.25. The summed E-state index contributed by atoms with van der Waals surface area (Å²) in [7, 11) is 1.72. The van der Waals surface area contributed by atoms with Gasteiger partial charge in [-0.25, -0.2) is 0 Å². The molecule has 68 valence electrons. The molecule has 2 aliphatic rings. The van der Waals surface area contributed by atoms with E-state index in [-0.39, 0.29) is 5.91 Å². The second-order valence-electron chi connectivity index (χ2n) is 3.25. The van der Waals surface area contributed by atoms with Crippen LogP contribution < -0.4 is 0 Å². The molecule has 1 amide bonds. The van der Waals surface area contributed by atoms with Crippen LogP contribution in [0.15, 0.2) is 22.8 Å². The summed E-state index contributed by atoms with van der Waals surface area (Å²) in [5, 5.41) is 8.89. The van der Waals surface area contributed by atoms with Gasteiger partial charge >= 0.3 is 0 Å². The molecule has 14 heavy (non-hydrogen) atoms. The maximum atomic E-state index is 11.7. The van der Waals surface area contributed by atoms with E-state index < -0.39 is 0 Å². The molecule has 2 rings (SSSR count). The third-order valence-electron chi connectivity index (χ3n) is 2.29. The first-order chi connectivity index (χ1) is 6.74. The van der Waals surface area contributed by atoms with Gasteiger partial charge in [-0.05, 0) is 0 Å². The third-order valence-corrected chi connectivity index (χ3v) is 2.29. The van der Waals surface area contributed by atoms with Crippen LogP contribution >= 0.6 is 0 Å². The number of allylic oxidation sites excluding steroid dienone is 1. The lowest BCUT2D eigenvalue weighted by atomic mass is 10.0. The summed E-state index contributed by atoms with van der Waals surface area (Å²) in [6, 6.07) is 2.04. The minimum atomic E-state index is -0.0935. The molecule has 0 unspecified atom stereocenters. The lowest BCUT2D eigenvalue weighted by Gasteiger charge is -2.07. The van der Waals surface area contributed by atoms with Crippen molar-refractivity contribution in [1.29, 1.82) is 5.26 Å². The smallest absolute Gasteiger partial charge is 0.256 e. The molecule has 3 heteroatoms. The van der Waals surface area contributed by atoms with Crippen LogP contribution in [0, 0.1) is 23.2 Å². The summed E-state index contributed by atoms with van der Waals surface area (Å²) in [6.07, 6.45) is 2.26. The van der Waals surface area contributed by atoms with Gasteiger partial charge in [0.05, 0.1) is 23.8 Å². The Bertz CT molecular complexity index is 466. The van der Waals surface area contributed by atoms with Crippen molar-refractivity contribution >= 4 is 5.91 Å². The second kappa shape index (κ2) is 3.05. The normalized spacial score (nSPS) is 19.3. The Morgan fingerprint density at radius 3 is 3.14 bits per heavy atom. The lowest BCUT2D eigenvalue weighted by molar-refractivity contribution is -0.124. The summed E-state index contributed by atoms with van der Waals surface area (Å²) in [4.78, 5) is 13.2. The zero-order valence-corrected chi connectivity index (χ0v) is 7.79. The second-order valence-corrected chi connectivity index (χ2v) is 3.25. The number of hydrogen-bond acceptors (Lipinski definition) is 2. The summed E-state index contributed by atoms with van der Waals surface area (Å²) < 4.78 is 0. The van der Waals surface area contributed by atoms with Gasteiger partial charge in [0.15, 0.2) is 0 Å². The fraction of sp³-hybridized carbons (Fsp3) is 0.273. The molecule has 1 aliphatic carbocycles. The van der Waals surface area contributed by atoms with Crippen LogP contribution in [0.25, 0.3) is 0 Å². The highest BCUT2D eigenvalue weighted by Gasteiger charge is 2.29. The average molecular weight is 184 g/mol. The number of amides is 1. The zero-order valence-electron chi connectivity index (χ0n) is 7.79. The van der Waals surface area contributed by atoms with Crippen molar-refractivity contribution in [1.82, 2.24) is 4.90 Å². The molecule has 1 heterocycles. The highest BCUT2D eigenvalue weighted by atomic mass is 16.2. The number of rotatable bonds is 0. The van der Waals surface area contributed by atoms with Gasteiger partial charge in [-0.15, -0.1) is 0 Å². The molecule has 0 aromatic rings. The van der Waals surface area contributed by atoms with Crippen LogP contribution in [0.3, 0.4) is 0 Å². The summed E-state index contributed by atoms with van der Waals surface area (Å²) in [6.45, 7) is 0.528. The van der Waals surface area contributed by atoms with Crippen LogP contribution in [-0.4, -0.2) is 24.4 Å². The molecule has 0 bridgehead atoms. The number of hydrogen-bond donors (Lipinski definition) is 0. The summed E-state index contributed by atoms with van der Waals surface area (Å²) in [5.74, 6) is 5.75. The molecule has 0 spiro atoms. The number of likely N-dealkylation sites (N-methyl/N-ethyl adjacent to an activating group) is 1. The van der Waals surface area contributed by atoms with Crippen molar-refractivity contribution in [3.63, 3.8) is 0 Å². The summed E-state index contributed by atoms with van der Waals surface area (Å²) >= 11 is 0. The maximum absolute atomic E-state index is 11.7. The van der Waals surface area contributed by atoms with Crippen molar-refractivity contribution in [2.45, 2.75) is 6.42 Å². The Labute approximate surface area is 82.3 Å². The summed E-state index contributed by atoms with van der Waals surface area (Å²) in [5.41, 5.74) is 1.73. The van der Waals surface area contributed by atoms with E-state index in [0.29, 0.717) is 24.1 Å². The first-order valence-electron chi connectivity index (χ1n) is 4.32. The van der Waals surface area contributed by atoms with Gasteiger partial charge in [-0.1, -0.05) is 17.9 Å². The standard InChI is InChI=1S/C11H8N2O/c1-13-7-9-5-3-2-4-8(6-12)10(9)11(13)14/h4H,2,7H2,1H3. The van der Waals surface area contributed by atoms with E-state index in [0.717, 1.165) is 5.57 Å². The molecule has 0 fully saturated rings. The molecule has 1 aliphatic heterocycles. The zero-order chi connectivity index (χ0) is 10.1. The van der Waals surface area contributed by atoms with Crippen molar-refractivity contribution in [3.8, 4) is 17.9 Å². The van der Waals surface area contributed by atoms with Crippen molar-refractivity contribution in [3.05, 3.63) is 22.8 Å². The fourth-order valence-electron chi connectivity index (χ4n) is 1.60. The van der Waals surface area contributed by atoms with E-state index in [1.165, 1.54) is 0 Å². The fourth-order valence-corrected chi connectivity index (χ4v) is 1.60. The van der Waals surface area contributed by atoms with Crippen LogP contribution in [0.1, 0.15) is 6.42 Å². The van der Waals surface area contributed by atoms with Gasteiger partial charge in [-0.2, -0.15) is 5.26 Å². The molecule has 0 saturated heterocycles. The van der Waals surface area contributed by atoms with E-state index >= 15 is 0 Å². The van der Waals surface area contributed by atoms with Crippen LogP contribution in [0.5, 0.6) is 0 Å². The van der Waals surface area contributed by atoms with Crippen LogP contribution in [0.4, 0.5) is 0 Å². The molecule has 0 atom stereocenters. The first-order valence-corrected chi connectivity index (χ1v) is 4.32. The van der Waals surface area contributed by atoms with Crippen molar-refractivity contribution in [2.75, 3.05) is 13.6 Å². The Morgan fingerprint density at radius 1 is 1.64 bits per heavy atom. The Hall–Kier alpha value is -2.00. The number of nitrogens with zero attached hydrogens (tertiary/aromatic N) is 2. The predicted octanol–water partition coefficient (Wildman–Crippen LogP) is 0.612. The van der Waals surface area contributed by atoms with Gasteiger partial charge in [0.25, 0.3) is 5.91 Å². The highest BCUT2D eigenvalue weighted by molar-refractivity contribution is 6.03. The monoisotopic (exact) mass is 184 g/mol. The predicted molar refractivity (Wildman–Crippen MR) is 50.8 cm³/mol. The molecular weight excluding hydrogens is 176 g/mol. The lowest BCUT2D eigenvalue weighted by Crippen LogP contribution is -2.22. The molecule has 0 N–H and O–H groups in total. The van der Waals surface area contributed by atoms with E-state index in [1.54, 1.807) is 18.0 Å². The number of carbonyl (C=O) groups excluding carboxylic acids is 1. The van der Waals surface area contributed by atoms with E-state index in [4.69, 9.17) is 5.26 Å².